The predicted molar refractivity (Wildman–Crippen MR) is 69.7 cm³/mol. The second kappa shape index (κ2) is 8.25. The van der Waals surface area contributed by atoms with Gasteiger partial charge in [-0.25, -0.2) is 0 Å². The molecule has 0 aliphatic rings. The summed E-state index contributed by atoms with van der Waals surface area (Å²) in [4.78, 5) is 0. The highest BCUT2D eigenvalue weighted by molar-refractivity contribution is 5.03. The first-order valence-corrected chi connectivity index (χ1v) is 6.55. The molecule has 0 aliphatic carbocycles. The van der Waals surface area contributed by atoms with Crippen LogP contribution in [0.3, 0.4) is 0 Å². The lowest BCUT2D eigenvalue weighted by atomic mass is 10.1. The first kappa shape index (κ1) is 14.2. The van der Waals surface area contributed by atoms with Crippen LogP contribution >= 0.6 is 0 Å². The zero-order valence-electron chi connectivity index (χ0n) is 11.0. The van der Waals surface area contributed by atoms with Crippen molar-refractivity contribution >= 4 is 0 Å². The Kier molecular flexibility index (Phi) is 6.89. The van der Waals surface area contributed by atoms with E-state index in [2.05, 4.69) is 24.3 Å². The first-order chi connectivity index (χ1) is 8.22. The highest BCUT2D eigenvalue weighted by Gasteiger charge is 1.98. The van der Waals surface area contributed by atoms with E-state index in [0.29, 0.717) is 6.54 Å². The number of rotatable bonds is 9. The van der Waals surface area contributed by atoms with Crippen molar-refractivity contribution in [2.75, 3.05) is 13.2 Å². The maximum Gasteiger partial charge on any atom is 0.0640 e. The number of nitrogens with zero attached hydrogens (tertiary/aromatic N) is 2. The Hall–Kier alpha value is -0.870. The van der Waals surface area contributed by atoms with Gasteiger partial charge in [0.1, 0.15) is 0 Å². The minimum absolute atomic E-state index is 0.143. The molecule has 17 heavy (non-hydrogen) atoms. The van der Waals surface area contributed by atoms with Gasteiger partial charge in [0.15, 0.2) is 0 Å². The molecule has 1 aromatic heterocycles. The zero-order valence-corrected chi connectivity index (χ0v) is 11.0. The molecule has 0 radical (unpaired) electrons. The summed E-state index contributed by atoms with van der Waals surface area (Å²) in [7, 11) is 0. The Morgan fingerprint density at radius 2 is 2.24 bits per heavy atom. The maximum atomic E-state index is 8.77. The van der Waals surface area contributed by atoms with E-state index in [1.165, 1.54) is 24.8 Å². The van der Waals surface area contributed by atoms with Crippen molar-refractivity contribution in [1.29, 1.82) is 0 Å². The highest BCUT2D eigenvalue weighted by Crippen LogP contribution is 2.05. The second-order valence-electron chi connectivity index (χ2n) is 4.90. The van der Waals surface area contributed by atoms with Gasteiger partial charge in [0.25, 0.3) is 0 Å². The van der Waals surface area contributed by atoms with Crippen molar-refractivity contribution in [2.45, 2.75) is 46.2 Å². The molecule has 0 spiro atoms. The molecule has 0 atom stereocenters. The highest BCUT2D eigenvalue weighted by atomic mass is 16.3. The lowest BCUT2D eigenvalue weighted by Crippen LogP contribution is -2.14. The summed E-state index contributed by atoms with van der Waals surface area (Å²) in [5.41, 5.74) is 1.18. The van der Waals surface area contributed by atoms with Crippen molar-refractivity contribution in [1.82, 2.24) is 15.1 Å². The molecule has 0 fully saturated rings. The molecule has 0 saturated carbocycles. The fourth-order valence-corrected chi connectivity index (χ4v) is 1.76. The summed E-state index contributed by atoms with van der Waals surface area (Å²) < 4.78 is 1.77. The molecule has 0 saturated heterocycles. The summed E-state index contributed by atoms with van der Waals surface area (Å²) in [6, 6.07) is 0. The van der Waals surface area contributed by atoms with Gasteiger partial charge < -0.3 is 10.4 Å². The monoisotopic (exact) mass is 239 g/mol. The maximum absolute atomic E-state index is 8.77. The molecule has 0 unspecified atom stereocenters. The van der Waals surface area contributed by atoms with Crippen LogP contribution < -0.4 is 5.32 Å². The van der Waals surface area contributed by atoms with Crippen LogP contribution in [0.4, 0.5) is 0 Å². The van der Waals surface area contributed by atoms with E-state index in [0.717, 1.165) is 19.0 Å². The smallest absolute Gasteiger partial charge is 0.0640 e. The van der Waals surface area contributed by atoms with Crippen LogP contribution in [0.15, 0.2) is 12.4 Å². The van der Waals surface area contributed by atoms with Gasteiger partial charge in [-0.15, -0.1) is 0 Å². The van der Waals surface area contributed by atoms with Gasteiger partial charge in [-0.2, -0.15) is 5.10 Å². The third-order valence-corrected chi connectivity index (χ3v) is 2.73. The van der Waals surface area contributed by atoms with E-state index < -0.39 is 0 Å². The fourth-order valence-electron chi connectivity index (χ4n) is 1.76. The van der Waals surface area contributed by atoms with Crippen LogP contribution in [-0.2, 0) is 13.1 Å². The van der Waals surface area contributed by atoms with Gasteiger partial charge in [0.05, 0.1) is 19.3 Å². The average molecular weight is 239 g/mol. The molecule has 0 amide bonds. The zero-order chi connectivity index (χ0) is 12.5. The molecule has 98 valence electrons. The standard InChI is InChI=1S/C13H25N3O/c1-12(2)5-3-4-6-14-9-13-10-15-16(11-13)7-8-17/h10-12,14,17H,3-9H2,1-2H3. The van der Waals surface area contributed by atoms with Gasteiger partial charge in [0.2, 0.25) is 0 Å². The lowest BCUT2D eigenvalue weighted by molar-refractivity contribution is 0.269. The second-order valence-corrected chi connectivity index (χ2v) is 4.90. The molecule has 0 bridgehead atoms. The van der Waals surface area contributed by atoms with E-state index in [1.807, 2.05) is 12.4 Å². The number of hydrogen-bond donors (Lipinski definition) is 2. The summed E-state index contributed by atoms with van der Waals surface area (Å²) in [6.45, 7) is 7.19. The van der Waals surface area contributed by atoms with Crippen LogP contribution in [0.5, 0.6) is 0 Å². The molecule has 4 heteroatoms. The third kappa shape index (κ3) is 6.44. The molecule has 2 N–H and O–H groups in total. The van der Waals surface area contributed by atoms with Gasteiger partial charge in [0, 0.05) is 18.3 Å². The van der Waals surface area contributed by atoms with E-state index in [9.17, 15) is 0 Å². The fraction of sp³-hybridized carbons (Fsp3) is 0.769. The third-order valence-electron chi connectivity index (χ3n) is 2.73. The Morgan fingerprint density at radius 1 is 1.41 bits per heavy atom. The summed E-state index contributed by atoms with van der Waals surface area (Å²) in [5.74, 6) is 0.812. The van der Waals surface area contributed by atoms with Gasteiger partial charge in [-0.05, 0) is 18.9 Å². The largest absolute Gasteiger partial charge is 0.394 e. The molecular weight excluding hydrogens is 214 g/mol. The topological polar surface area (TPSA) is 50.1 Å². The molecule has 1 aromatic rings. The van der Waals surface area contributed by atoms with E-state index in [1.54, 1.807) is 4.68 Å². The quantitative estimate of drug-likeness (QED) is 0.646. The van der Waals surface area contributed by atoms with Crippen LogP contribution in [0.2, 0.25) is 0 Å². The van der Waals surface area contributed by atoms with Crippen LogP contribution in [0, 0.1) is 5.92 Å². The average Bonchev–Trinajstić information content (AvgIpc) is 2.71. The Morgan fingerprint density at radius 3 is 2.94 bits per heavy atom. The number of hydrogen-bond acceptors (Lipinski definition) is 3. The van der Waals surface area contributed by atoms with Crippen molar-refractivity contribution in [2.24, 2.45) is 5.92 Å². The van der Waals surface area contributed by atoms with Crippen LogP contribution in [0.25, 0.3) is 0 Å². The SMILES string of the molecule is CC(C)CCCCNCc1cnn(CCO)c1. The molecule has 1 rings (SSSR count). The summed E-state index contributed by atoms with van der Waals surface area (Å²) >= 11 is 0. The van der Waals surface area contributed by atoms with Crippen molar-refractivity contribution in [3.05, 3.63) is 18.0 Å². The van der Waals surface area contributed by atoms with E-state index in [-0.39, 0.29) is 6.61 Å². The Balaban J connectivity index is 2.05. The van der Waals surface area contributed by atoms with Gasteiger partial charge in [-0.3, -0.25) is 4.68 Å². The number of aliphatic hydroxyl groups is 1. The molecule has 0 aromatic carbocycles. The molecule has 1 heterocycles. The van der Waals surface area contributed by atoms with Gasteiger partial charge >= 0.3 is 0 Å². The molecular formula is C13H25N3O. The van der Waals surface area contributed by atoms with Crippen molar-refractivity contribution in [3.8, 4) is 0 Å². The molecule has 4 nitrogen and oxygen atoms in total. The minimum atomic E-state index is 0.143. The van der Waals surface area contributed by atoms with E-state index >= 15 is 0 Å². The number of unbranched alkanes of at least 4 members (excludes halogenated alkanes) is 1. The minimum Gasteiger partial charge on any atom is -0.394 e. The summed E-state index contributed by atoms with van der Waals surface area (Å²) in [5, 5.41) is 16.3. The predicted octanol–water partition coefficient (Wildman–Crippen LogP) is 1.79. The Bertz CT molecular complexity index is 297. The lowest BCUT2D eigenvalue weighted by Gasteiger charge is -2.05. The van der Waals surface area contributed by atoms with Crippen LogP contribution in [-0.4, -0.2) is 28.0 Å². The molecule has 0 aliphatic heterocycles. The Labute approximate surface area is 104 Å². The normalized spacial score (nSPS) is 11.3. The van der Waals surface area contributed by atoms with Crippen molar-refractivity contribution < 1.29 is 5.11 Å². The summed E-state index contributed by atoms with van der Waals surface area (Å²) in [6.07, 6.45) is 7.70. The number of aliphatic hydroxyl groups excluding tert-OH is 1. The van der Waals surface area contributed by atoms with Crippen LogP contribution in [0.1, 0.15) is 38.7 Å². The first-order valence-electron chi connectivity index (χ1n) is 6.55. The van der Waals surface area contributed by atoms with E-state index in [4.69, 9.17) is 5.11 Å². The number of nitrogens with one attached hydrogen (secondary N) is 1. The number of aromatic nitrogens is 2. The van der Waals surface area contributed by atoms with Crippen molar-refractivity contribution in [3.63, 3.8) is 0 Å². The van der Waals surface area contributed by atoms with Gasteiger partial charge in [-0.1, -0.05) is 26.7 Å².